The molecular weight excluding hydrogens is 286 g/mol. The minimum Gasteiger partial charge on any atom is -0.391 e. The minimum atomic E-state index is -0.421. The molecule has 0 radical (unpaired) electrons. The van der Waals surface area contributed by atoms with Gasteiger partial charge in [0.25, 0.3) is 0 Å². The van der Waals surface area contributed by atoms with Crippen molar-refractivity contribution in [1.29, 1.82) is 0 Å². The first-order valence-electron chi connectivity index (χ1n) is 7.81. The lowest BCUT2D eigenvalue weighted by Gasteiger charge is -2.48. The van der Waals surface area contributed by atoms with Crippen LogP contribution in [0.25, 0.3) is 0 Å². The van der Waals surface area contributed by atoms with Crippen molar-refractivity contribution in [2.75, 3.05) is 14.1 Å². The van der Waals surface area contributed by atoms with Gasteiger partial charge in [-0.05, 0) is 39.8 Å². The van der Waals surface area contributed by atoms with E-state index >= 15 is 0 Å². The number of aliphatic hydroxyl groups excluding tert-OH is 1. The van der Waals surface area contributed by atoms with Crippen molar-refractivity contribution in [1.82, 2.24) is 14.7 Å². The summed E-state index contributed by atoms with van der Waals surface area (Å²) in [5.74, 6) is 0.654. The van der Waals surface area contributed by atoms with Crippen molar-refractivity contribution >= 4 is 11.6 Å². The van der Waals surface area contributed by atoms with Gasteiger partial charge < -0.3 is 10.0 Å². The lowest BCUT2D eigenvalue weighted by molar-refractivity contribution is -0.0425. The zero-order chi connectivity index (χ0) is 15.8. The molecule has 2 rings (SSSR count). The van der Waals surface area contributed by atoms with Gasteiger partial charge in [0, 0.05) is 24.6 Å². The van der Waals surface area contributed by atoms with Crippen molar-refractivity contribution in [2.45, 2.75) is 57.6 Å². The summed E-state index contributed by atoms with van der Waals surface area (Å²) in [6.07, 6.45) is 4.67. The molecule has 0 aromatic carbocycles. The topological polar surface area (TPSA) is 41.3 Å². The van der Waals surface area contributed by atoms with Crippen LogP contribution in [0, 0.1) is 12.8 Å². The molecule has 4 nitrogen and oxygen atoms in total. The van der Waals surface area contributed by atoms with Gasteiger partial charge in [-0.15, -0.1) is 0 Å². The zero-order valence-corrected chi connectivity index (χ0v) is 14.6. The number of rotatable bonds is 4. The molecule has 0 amide bonds. The normalized spacial score (nSPS) is 28.1. The highest BCUT2D eigenvalue weighted by atomic mass is 35.5. The molecule has 1 aromatic rings. The molecule has 1 aliphatic carbocycles. The van der Waals surface area contributed by atoms with Gasteiger partial charge in [-0.25, -0.2) is 0 Å². The largest absolute Gasteiger partial charge is 0.391 e. The first kappa shape index (κ1) is 16.8. The molecule has 1 heterocycles. The van der Waals surface area contributed by atoms with E-state index < -0.39 is 6.10 Å². The van der Waals surface area contributed by atoms with Crippen LogP contribution in [0.15, 0.2) is 0 Å². The molecule has 5 heteroatoms. The molecule has 21 heavy (non-hydrogen) atoms. The molecule has 3 atom stereocenters. The average Bonchev–Trinajstić information content (AvgIpc) is 2.65. The smallest absolute Gasteiger partial charge is 0.130 e. The second-order valence-corrected chi connectivity index (χ2v) is 7.26. The van der Waals surface area contributed by atoms with Crippen LogP contribution in [0.2, 0.25) is 5.15 Å². The van der Waals surface area contributed by atoms with Gasteiger partial charge in [-0.2, -0.15) is 5.10 Å². The highest BCUT2D eigenvalue weighted by Gasteiger charge is 2.43. The van der Waals surface area contributed by atoms with Gasteiger partial charge in [-0.3, -0.25) is 4.68 Å². The fourth-order valence-electron chi connectivity index (χ4n) is 3.86. The van der Waals surface area contributed by atoms with Crippen LogP contribution in [0.3, 0.4) is 0 Å². The number of nitrogens with zero attached hydrogens (tertiary/aromatic N) is 3. The van der Waals surface area contributed by atoms with Crippen molar-refractivity contribution in [3.05, 3.63) is 16.4 Å². The highest BCUT2D eigenvalue weighted by molar-refractivity contribution is 6.30. The van der Waals surface area contributed by atoms with E-state index in [0.717, 1.165) is 24.1 Å². The maximum absolute atomic E-state index is 11.0. The number of aliphatic hydroxyl groups is 1. The summed E-state index contributed by atoms with van der Waals surface area (Å²) in [6, 6.07) is 0. The van der Waals surface area contributed by atoms with E-state index in [9.17, 15) is 5.11 Å². The van der Waals surface area contributed by atoms with Gasteiger partial charge in [0.1, 0.15) is 5.15 Å². The Morgan fingerprint density at radius 2 is 2.19 bits per heavy atom. The van der Waals surface area contributed by atoms with E-state index in [1.165, 1.54) is 12.8 Å². The summed E-state index contributed by atoms with van der Waals surface area (Å²) in [5, 5.41) is 16.0. The van der Waals surface area contributed by atoms with Gasteiger partial charge in [-0.1, -0.05) is 31.4 Å². The molecule has 1 aromatic heterocycles. The van der Waals surface area contributed by atoms with Crippen LogP contribution in [0.5, 0.6) is 0 Å². The van der Waals surface area contributed by atoms with E-state index in [4.69, 9.17) is 11.6 Å². The van der Waals surface area contributed by atoms with Crippen molar-refractivity contribution in [3.8, 4) is 0 Å². The molecule has 120 valence electrons. The first-order chi connectivity index (χ1) is 9.78. The van der Waals surface area contributed by atoms with Crippen molar-refractivity contribution < 1.29 is 5.11 Å². The monoisotopic (exact) mass is 313 g/mol. The molecule has 3 unspecified atom stereocenters. The standard InChI is InChI=1S/C16H28ClN3O/c1-11-7-6-8-16(10-11,19(3)4)14(21)9-13-12(2)18-20(5)15(13)17/h11,14,21H,6-10H2,1-5H3. The molecule has 0 saturated heterocycles. The number of halogens is 1. The predicted molar refractivity (Wildman–Crippen MR) is 86.7 cm³/mol. The second kappa shape index (κ2) is 6.27. The number of hydrogen-bond donors (Lipinski definition) is 1. The third-order valence-corrected chi connectivity index (χ3v) is 5.66. The van der Waals surface area contributed by atoms with Gasteiger partial charge in [0.2, 0.25) is 0 Å². The number of likely N-dealkylation sites (N-methyl/N-ethyl adjacent to an activating group) is 1. The van der Waals surface area contributed by atoms with Crippen LogP contribution in [-0.2, 0) is 13.5 Å². The Kier molecular flexibility index (Phi) is 5.01. The van der Waals surface area contributed by atoms with E-state index in [0.29, 0.717) is 17.5 Å². The molecule has 0 spiro atoms. The average molecular weight is 314 g/mol. The second-order valence-electron chi connectivity index (χ2n) is 6.90. The Hall–Kier alpha value is -0.580. The molecule has 1 fully saturated rings. The van der Waals surface area contributed by atoms with E-state index in [1.54, 1.807) is 4.68 Å². The van der Waals surface area contributed by atoms with E-state index in [2.05, 4.69) is 31.0 Å². The van der Waals surface area contributed by atoms with Crippen molar-refractivity contribution in [2.24, 2.45) is 13.0 Å². The summed E-state index contributed by atoms with van der Waals surface area (Å²) in [4.78, 5) is 2.22. The number of hydrogen-bond acceptors (Lipinski definition) is 3. The maximum Gasteiger partial charge on any atom is 0.130 e. The van der Waals surface area contributed by atoms with Gasteiger partial charge >= 0.3 is 0 Å². The third-order valence-electron chi connectivity index (χ3n) is 5.19. The maximum atomic E-state index is 11.0. The molecule has 1 aliphatic rings. The minimum absolute atomic E-state index is 0.150. The predicted octanol–water partition coefficient (Wildman–Crippen LogP) is 2.80. The quantitative estimate of drug-likeness (QED) is 0.929. The number of aryl methyl sites for hydroxylation is 2. The summed E-state index contributed by atoms with van der Waals surface area (Å²) < 4.78 is 1.69. The number of aromatic nitrogens is 2. The Bertz CT molecular complexity index is 500. The molecule has 1 saturated carbocycles. The SMILES string of the molecule is Cc1nn(C)c(Cl)c1CC(O)C1(N(C)C)CCCC(C)C1. The Labute approximate surface area is 133 Å². The fourth-order valence-corrected chi connectivity index (χ4v) is 4.11. The summed E-state index contributed by atoms with van der Waals surface area (Å²) in [6.45, 7) is 4.24. The Balaban J connectivity index is 2.25. The van der Waals surface area contributed by atoms with Crippen LogP contribution in [-0.4, -0.2) is 45.5 Å². The van der Waals surface area contributed by atoms with E-state index in [-0.39, 0.29) is 5.54 Å². The Morgan fingerprint density at radius 1 is 1.52 bits per heavy atom. The Morgan fingerprint density at radius 3 is 2.67 bits per heavy atom. The fraction of sp³-hybridized carbons (Fsp3) is 0.812. The zero-order valence-electron chi connectivity index (χ0n) is 13.9. The lowest BCUT2D eigenvalue weighted by Crippen LogP contribution is -2.56. The third kappa shape index (κ3) is 3.13. The molecular formula is C16H28ClN3O. The summed E-state index contributed by atoms with van der Waals surface area (Å²) in [7, 11) is 6.01. The van der Waals surface area contributed by atoms with Crippen LogP contribution < -0.4 is 0 Å². The van der Waals surface area contributed by atoms with Crippen LogP contribution >= 0.6 is 11.6 Å². The molecule has 1 N–H and O–H groups in total. The first-order valence-corrected chi connectivity index (χ1v) is 8.19. The van der Waals surface area contributed by atoms with Crippen LogP contribution in [0.1, 0.15) is 43.9 Å². The van der Waals surface area contributed by atoms with E-state index in [1.807, 2.05) is 14.0 Å². The summed E-state index contributed by atoms with van der Waals surface area (Å²) in [5.41, 5.74) is 1.74. The van der Waals surface area contributed by atoms with Crippen LogP contribution in [0.4, 0.5) is 0 Å². The molecule has 0 bridgehead atoms. The highest BCUT2D eigenvalue weighted by Crippen LogP contribution is 2.39. The summed E-state index contributed by atoms with van der Waals surface area (Å²) >= 11 is 6.33. The molecule has 0 aliphatic heterocycles. The van der Waals surface area contributed by atoms with Gasteiger partial charge in [0.15, 0.2) is 0 Å². The van der Waals surface area contributed by atoms with Gasteiger partial charge in [0.05, 0.1) is 11.8 Å². The van der Waals surface area contributed by atoms with Crippen molar-refractivity contribution in [3.63, 3.8) is 0 Å². The lowest BCUT2D eigenvalue weighted by atomic mass is 9.71.